The summed E-state index contributed by atoms with van der Waals surface area (Å²) in [6.07, 6.45) is 3.68. The average molecular weight is 247 g/mol. The van der Waals surface area contributed by atoms with Crippen LogP contribution in [0.1, 0.15) is 38.2 Å². The van der Waals surface area contributed by atoms with Crippen molar-refractivity contribution in [1.82, 2.24) is 5.32 Å². The molecule has 18 heavy (non-hydrogen) atoms. The molecule has 3 heteroatoms. The Kier molecular flexibility index (Phi) is 3.90. The molecule has 0 bridgehead atoms. The smallest absolute Gasteiger partial charge is 0.220 e. The van der Waals surface area contributed by atoms with E-state index in [1.807, 2.05) is 12.1 Å². The molecule has 1 atom stereocenters. The number of amides is 1. The lowest BCUT2D eigenvalue weighted by molar-refractivity contribution is -0.120. The van der Waals surface area contributed by atoms with Gasteiger partial charge in [0.1, 0.15) is 5.75 Å². The molecule has 2 rings (SSSR count). The van der Waals surface area contributed by atoms with Gasteiger partial charge in [-0.05, 0) is 37.0 Å². The maximum absolute atomic E-state index is 11.5. The first-order valence-corrected chi connectivity index (χ1v) is 6.61. The summed E-state index contributed by atoms with van der Waals surface area (Å²) >= 11 is 0. The maximum atomic E-state index is 11.5. The van der Waals surface area contributed by atoms with Crippen molar-refractivity contribution in [1.29, 1.82) is 0 Å². The number of nitrogens with one attached hydrogen (secondary N) is 1. The van der Waals surface area contributed by atoms with Gasteiger partial charge in [0.2, 0.25) is 5.91 Å². The van der Waals surface area contributed by atoms with Gasteiger partial charge in [-0.3, -0.25) is 4.79 Å². The highest BCUT2D eigenvalue weighted by Crippen LogP contribution is 2.35. The summed E-state index contributed by atoms with van der Waals surface area (Å²) in [5.74, 6) is 1.06. The minimum atomic E-state index is 0.0562. The summed E-state index contributed by atoms with van der Waals surface area (Å²) in [7, 11) is 1.69. The van der Waals surface area contributed by atoms with Crippen LogP contribution in [0.5, 0.6) is 5.75 Å². The van der Waals surface area contributed by atoms with E-state index in [4.69, 9.17) is 4.74 Å². The van der Waals surface area contributed by atoms with Crippen LogP contribution in [0.2, 0.25) is 0 Å². The highest BCUT2D eigenvalue weighted by atomic mass is 16.5. The van der Waals surface area contributed by atoms with Gasteiger partial charge >= 0.3 is 0 Å². The van der Waals surface area contributed by atoms with Crippen molar-refractivity contribution in [3.05, 3.63) is 29.8 Å². The number of benzene rings is 1. The summed E-state index contributed by atoms with van der Waals surface area (Å²) < 4.78 is 5.30. The maximum Gasteiger partial charge on any atom is 0.220 e. The minimum absolute atomic E-state index is 0.0562. The van der Waals surface area contributed by atoms with Crippen LogP contribution in [0.15, 0.2) is 24.3 Å². The zero-order valence-corrected chi connectivity index (χ0v) is 11.2. The molecule has 1 N–H and O–H groups in total. The number of ether oxygens (including phenoxy) is 1. The number of carbonyl (C=O) groups excluding carboxylic acids is 1. The van der Waals surface area contributed by atoms with E-state index >= 15 is 0 Å². The Morgan fingerprint density at radius 3 is 3.00 bits per heavy atom. The van der Waals surface area contributed by atoms with E-state index in [2.05, 4.69) is 24.4 Å². The molecule has 98 valence electrons. The number of hydrogen-bond donors (Lipinski definition) is 1. The van der Waals surface area contributed by atoms with Crippen molar-refractivity contribution in [3.8, 4) is 5.75 Å². The molecule has 3 nitrogen and oxygen atoms in total. The van der Waals surface area contributed by atoms with E-state index in [9.17, 15) is 4.79 Å². The topological polar surface area (TPSA) is 38.3 Å². The highest BCUT2D eigenvalue weighted by Gasteiger charge is 2.32. The van der Waals surface area contributed by atoms with E-state index in [0.29, 0.717) is 6.42 Å². The van der Waals surface area contributed by atoms with Crippen molar-refractivity contribution in [2.75, 3.05) is 13.7 Å². The normalized spacial score (nSPS) is 24.2. The minimum Gasteiger partial charge on any atom is -0.497 e. The van der Waals surface area contributed by atoms with Gasteiger partial charge in [0, 0.05) is 18.4 Å². The zero-order chi connectivity index (χ0) is 13.0. The van der Waals surface area contributed by atoms with Gasteiger partial charge in [0.05, 0.1) is 7.11 Å². The third-order valence-electron chi connectivity index (χ3n) is 4.04. The molecule has 1 aromatic rings. The molecule has 0 aromatic heterocycles. The molecule has 0 spiro atoms. The van der Waals surface area contributed by atoms with Crippen molar-refractivity contribution in [2.24, 2.45) is 0 Å². The Morgan fingerprint density at radius 1 is 1.44 bits per heavy atom. The summed E-state index contributed by atoms with van der Waals surface area (Å²) in [6, 6.07) is 8.23. The molecule has 1 saturated heterocycles. The van der Waals surface area contributed by atoms with Crippen molar-refractivity contribution >= 4 is 5.91 Å². The highest BCUT2D eigenvalue weighted by molar-refractivity contribution is 5.76. The number of carbonyl (C=O) groups is 1. The molecule has 0 aliphatic carbocycles. The van der Waals surface area contributed by atoms with Crippen molar-refractivity contribution in [3.63, 3.8) is 0 Å². The number of methoxy groups -OCH3 is 1. The third-order valence-corrected chi connectivity index (χ3v) is 4.04. The van der Waals surface area contributed by atoms with Crippen LogP contribution in [0.4, 0.5) is 0 Å². The van der Waals surface area contributed by atoms with Gasteiger partial charge in [-0.2, -0.15) is 0 Å². The van der Waals surface area contributed by atoms with Crippen molar-refractivity contribution in [2.45, 2.75) is 38.0 Å². The monoisotopic (exact) mass is 247 g/mol. The Bertz CT molecular complexity index is 430. The molecule has 1 fully saturated rings. The quantitative estimate of drug-likeness (QED) is 0.891. The van der Waals surface area contributed by atoms with E-state index in [0.717, 1.165) is 31.6 Å². The van der Waals surface area contributed by atoms with Gasteiger partial charge in [0.15, 0.2) is 0 Å². The SMILES string of the molecule is CCC1(c2cccc(OC)c2)CCCC(=O)NC1. The van der Waals surface area contributed by atoms with E-state index in [-0.39, 0.29) is 11.3 Å². The Morgan fingerprint density at radius 2 is 2.28 bits per heavy atom. The number of hydrogen-bond acceptors (Lipinski definition) is 2. The van der Waals surface area contributed by atoms with Crippen LogP contribution in [0.25, 0.3) is 0 Å². The Balaban J connectivity index is 2.32. The fraction of sp³-hybridized carbons (Fsp3) is 0.533. The van der Waals surface area contributed by atoms with Gasteiger partial charge in [-0.1, -0.05) is 19.1 Å². The lowest BCUT2D eigenvalue weighted by Crippen LogP contribution is -2.37. The second-order valence-electron chi connectivity index (χ2n) is 5.00. The average Bonchev–Trinajstić information content (AvgIpc) is 2.61. The summed E-state index contributed by atoms with van der Waals surface area (Å²) in [5.41, 5.74) is 1.33. The van der Waals surface area contributed by atoms with Crippen LogP contribution >= 0.6 is 0 Å². The van der Waals surface area contributed by atoms with E-state index in [1.54, 1.807) is 7.11 Å². The van der Waals surface area contributed by atoms with E-state index in [1.165, 1.54) is 5.56 Å². The van der Waals surface area contributed by atoms with Crippen molar-refractivity contribution < 1.29 is 9.53 Å². The molecular formula is C15H21NO2. The van der Waals surface area contributed by atoms with Crippen LogP contribution in [0, 0.1) is 0 Å². The summed E-state index contributed by atoms with van der Waals surface area (Å²) in [6.45, 7) is 2.92. The number of rotatable bonds is 3. The molecule has 1 unspecified atom stereocenters. The summed E-state index contributed by atoms with van der Waals surface area (Å²) in [4.78, 5) is 11.5. The van der Waals surface area contributed by atoms with Gasteiger partial charge in [-0.25, -0.2) is 0 Å². The first-order chi connectivity index (χ1) is 8.70. The molecular weight excluding hydrogens is 226 g/mol. The van der Waals surface area contributed by atoms with Crippen LogP contribution < -0.4 is 10.1 Å². The fourth-order valence-corrected chi connectivity index (χ4v) is 2.74. The molecule has 1 amide bonds. The van der Waals surface area contributed by atoms with Gasteiger partial charge in [0.25, 0.3) is 0 Å². The molecule has 1 aliphatic heterocycles. The zero-order valence-electron chi connectivity index (χ0n) is 11.2. The first kappa shape index (κ1) is 12.9. The molecule has 0 radical (unpaired) electrons. The molecule has 1 aliphatic rings. The Labute approximate surface area is 109 Å². The van der Waals surface area contributed by atoms with Crippen LogP contribution in [-0.2, 0) is 10.2 Å². The van der Waals surface area contributed by atoms with Crippen LogP contribution in [-0.4, -0.2) is 19.6 Å². The second-order valence-corrected chi connectivity index (χ2v) is 5.00. The molecule has 1 aromatic carbocycles. The molecule has 1 heterocycles. The standard InChI is InChI=1S/C15H21NO2/c1-3-15(9-5-8-14(17)16-11-15)12-6-4-7-13(10-12)18-2/h4,6-7,10H,3,5,8-9,11H2,1-2H3,(H,16,17). The predicted molar refractivity (Wildman–Crippen MR) is 71.8 cm³/mol. The van der Waals surface area contributed by atoms with Crippen LogP contribution in [0.3, 0.4) is 0 Å². The van der Waals surface area contributed by atoms with Gasteiger partial charge < -0.3 is 10.1 Å². The lowest BCUT2D eigenvalue weighted by atomic mass is 9.74. The second kappa shape index (κ2) is 5.42. The molecule has 0 saturated carbocycles. The Hall–Kier alpha value is -1.51. The van der Waals surface area contributed by atoms with Gasteiger partial charge in [-0.15, -0.1) is 0 Å². The lowest BCUT2D eigenvalue weighted by Gasteiger charge is -2.32. The first-order valence-electron chi connectivity index (χ1n) is 6.61. The predicted octanol–water partition coefficient (Wildman–Crippen LogP) is 2.64. The third kappa shape index (κ3) is 2.50. The fourth-order valence-electron chi connectivity index (χ4n) is 2.74. The van der Waals surface area contributed by atoms with E-state index < -0.39 is 0 Å². The summed E-state index contributed by atoms with van der Waals surface area (Å²) in [5, 5.41) is 3.04. The largest absolute Gasteiger partial charge is 0.497 e.